The van der Waals surface area contributed by atoms with Gasteiger partial charge in [0, 0.05) is 38.3 Å². The van der Waals surface area contributed by atoms with Gasteiger partial charge in [-0.05, 0) is 12.1 Å². The maximum atomic E-state index is 9.37. The van der Waals surface area contributed by atoms with Crippen LogP contribution in [-0.4, -0.2) is 49.4 Å². The van der Waals surface area contributed by atoms with E-state index in [9.17, 15) is 4.79 Å². The Hall–Kier alpha value is -1.59. The molecule has 0 saturated carbocycles. The Morgan fingerprint density at radius 2 is 1.74 bits per heavy atom. The van der Waals surface area contributed by atoms with Gasteiger partial charge in [-0.3, -0.25) is 4.79 Å². The van der Waals surface area contributed by atoms with E-state index in [1.165, 1.54) is 5.69 Å². The molecule has 1 aromatic rings. The first-order chi connectivity index (χ1) is 9.17. The van der Waals surface area contributed by atoms with E-state index >= 15 is 0 Å². The summed E-state index contributed by atoms with van der Waals surface area (Å²) in [5.41, 5.74) is 1.31. The predicted molar refractivity (Wildman–Crippen MR) is 75.2 cm³/mol. The lowest BCUT2D eigenvalue weighted by atomic mass is 10.2. The van der Waals surface area contributed by atoms with Crippen molar-refractivity contribution in [3.8, 4) is 0 Å². The van der Waals surface area contributed by atoms with Crippen molar-refractivity contribution in [3.05, 3.63) is 30.3 Å². The highest BCUT2D eigenvalue weighted by molar-refractivity contribution is 5.66. The summed E-state index contributed by atoms with van der Waals surface area (Å²) in [6, 6.07) is 10.5. The Kier molecular flexibility index (Phi) is 6.92. The quantitative estimate of drug-likeness (QED) is 0.905. The second-order valence-electron chi connectivity index (χ2n) is 4.18. The second kappa shape index (κ2) is 8.50. The zero-order chi connectivity index (χ0) is 14.1. The number of carboxylic acids is 1. The molecule has 1 fully saturated rings. The molecular weight excluding hydrogens is 244 g/mol. The number of hydrogen-bond acceptors (Lipinski definition) is 4. The molecular formula is C14H22N2O3. The van der Waals surface area contributed by atoms with Crippen LogP contribution in [0.5, 0.6) is 0 Å². The first kappa shape index (κ1) is 15.5. The Balaban J connectivity index is 0.000000312. The fourth-order valence-electron chi connectivity index (χ4n) is 1.77. The minimum Gasteiger partial charge on any atom is -0.481 e. The zero-order valence-corrected chi connectivity index (χ0v) is 11.6. The van der Waals surface area contributed by atoms with E-state index in [0.717, 1.165) is 26.2 Å². The number of aliphatic carboxylic acids is 1. The van der Waals surface area contributed by atoms with Crippen molar-refractivity contribution in [2.45, 2.75) is 13.3 Å². The predicted octanol–water partition coefficient (Wildman–Crippen LogP) is 1.85. The average Bonchev–Trinajstić information content (AvgIpc) is 2.49. The van der Waals surface area contributed by atoms with Crippen LogP contribution in [0, 0.1) is 0 Å². The Labute approximate surface area is 114 Å². The Morgan fingerprint density at radius 3 is 2.16 bits per heavy atom. The summed E-state index contributed by atoms with van der Waals surface area (Å²) in [6.07, 6.45) is 0.222. The van der Waals surface area contributed by atoms with Crippen molar-refractivity contribution in [1.82, 2.24) is 5.06 Å². The summed E-state index contributed by atoms with van der Waals surface area (Å²) < 4.78 is 0. The molecule has 1 aromatic carbocycles. The largest absolute Gasteiger partial charge is 0.481 e. The molecule has 1 saturated heterocycles. The lowest BCUT2D eigenvalue weighted by Crippen LogP contribution is -2.45. The average molecular weight is 266 g/mol. The van der Waals surface area contributed by atoms with Crippen LogP contribution in [0.3, 0.4) is 0 Å². The summed E-state index contributed by atoms with van der Waals surface area (Å²) >= 11 is 0. The molecule has 1 heterocycles. The number of para-hydroxylation sites is 1. The number of hydroxylamine groups is 2. The molecule has 0 amide bonds. The van der Waals surface area contributed by atoms with Crippen molar-refractivity contribution >= 4 is 11.7 Å². The van der Waals surface area contributed by atoms with Gasteiger partial charge < -0.3 is 14.8 Å². The third-order valence-electron chi connectivity index (χ3n) is 2.92. The van der Waals surface area contributed by atoms with Gasteiger partial charge in [0.15, 0.2) is 0 Å². The van der Waals surface area contributed by atoms with Gasteiger partial charge in [0.05, 0.1) is 7.11 Å². The van der Waals surface area contributed by atoms with Gasteiger partial charge in [0.25, 0.3) is 0 Å². The first-order valence-electron chi connectivity index (χ1n) is 6.48. The molecule has 5 heteroatoms. The van der Waals surface area contributed by atoms with Gasteiger partial charge in [-0.1, -0.05) is 25.1 Å². The highest BCUT2D eigenvalue weighted by Crippen LogP contribution is 2.15. The van der Waals surface area contributed by atoms with E-state index in [-0.39, 0.29) is 6.42 Å². The van der Waals surface area contributed by atoms with E-state index in [0.29, 0.717) is 0 Å². The maximum Gasteiger partial charge on any atom is 0.303 e. The minimum atomic E-state index is -0.745. The van der Waals surface area contributed by atoms with E-state index in [1.807, 2.05) is 5.06 Å². The van der Waals surface area contributed by atoms with Crippen LogP contribution < -0.4 is 4.90 Å². The van der Waals surface area contributed by atoms with E-state index in [4.69, 9.17) is 9.94 Å². The molecule has 0 aliphatic carbocycles. The summed E-state index contributed by atoms with van der Waals surface area (Å²) in [5, 5.41) is 9.72. The van der Waals surface area contributed by atoms with Gasteiger partial charge in [-0.2, -0.15) is 5.06 Å². The molecule has 5 nitrogen and oxygen atoms in total. The molecule has 0 spiro atoms. The summed E-state index contributed by atoms with van der Waals surface area (Å²) in [6.45, 7) is 5.63. The molecule has 1 aliphatic heterocycles. The molecule has 0 aromatic heterocycles. The maximum absolute atomic E-state index is 9.37. The van der Waals surface area contributed by atoms with Crippen molar-refractivity contribution < 1.29 is 14.7 Å². The summed E-state index contributed by atoms with van der Waals surface area (Å²) in [7, 11) is 1.73. The molecule has 19 heavy (non-hydrogen) atoms. The van der Waals surface area contributed by atoms with Crippen LogP contribution in [0.2, 0.25) is 0 Å². The standard InChI is InChI=1S/C11H16N2O.C3H6O2/c1-14-13-9-7-12(8-10-13)11-5-3-2-4-6-11;1-2-3(4)5/h2-6H,7-10H2,1H3;2H2,1H3,(H,4,5). The lowest BCUT2D eigenvalue weighted by molar-refractivity contribution is -0.136. The lowest BCUT2D eigenvalue weighted by Gasteiger charge is -2.34. The number of benzene rings is 1. The topological polar surface area (TPSA) is 53.0 Å². The molecule has 1 N–H and O–H groups in total. The summed E-state index contributed by atoms with van der Waals surface area (Å²) in [4.78, 5) is 16.9. The fraction of sp³-hybridized carbons (Fsp3) is 0.500. The van der Waals surface area contributed by atoms with Crippen molar-refractivity contribution in [3.63, 3.8) is 0 Å². The number of hydrogen-bond donors (Lipinski definition) is 1. The van der Waals surface area contributed by atoms with E-state index < -0.39 is 5.97 Å². The molecule has 106 valence electrons. The number of rotatable bonds is 3. The van der Waals surface area contributed by atoms with Crippen LogP contribution in [0.1, 0.15) is 13.3 Å². The van der Waals surface area contributed by atoms with Crippen molar-refractivity contribution in [2.24, 2.45) is 0 Å². The van der Waals surface area contributed by atoms with E-state index in [2.05, 4.69) is 35.2 Å². The van der Waals surface area contributed by atoms with Crippen LogP contribution >= 0.6 is 0 Å². The van der Waals surface area contributed by atoms with Crippen LogP contribution in [0.4, 0.5) is 5.69 Å². The van der Waals surface area contributed by atoms with Crippen molar-refractivity contribution in [1.29, 1.82) is 0 Å². The molecule has 0 atom stereocenters. The smallest absolute Gasteiger partial charge is 0.303 e. The van der Waals surface area contributed by atoms with Crippen molar-refractivity contribution in [2.75, 3.05) is 38.2 Å². The molecule has 0 bridgehead atoms. The SMILES string of the molecule is CCC(=O)O.CON1CCN(c2ccccc2)CC1. The van der Waals surface area contributed by atoms with Gasteiger partial charge in [0.1, 0.15) is 0 Å². The molecule has 2 rings (SSSR count). The second-order valence-corrected chi connectivity index (χ2v) is 4.18. The third-order valence-corrected chi connectivity index (χ3v) is 2.92. The fourth-order valence-corrected chi connectivity index (χ4v) is 1.77. The van der Waals surface area contributed by atoms with Crippen LogP contribution in [-0.2, 0) is 9.63 Å². The highest BCUT2D eigenvalue weighted by atomic mass is 16.7. The normalized spacial score (nSPS) is 15.6. The highest BCUT2D eigenvalue weighted by Gasteiger charge is 2.15. The van der Waals surface area contributed by atoms with Gasteiger partial charge in [-0.15, -0.1) is 0 Å². The molecule has 0 radical (unpaired) electrons. The number of anilines is 1. The monoisotopic (exact) mass is 266 g/mol. The van der Waals surface area contributed by atoms with Crippen LogP contribution in [0.25, 0.3) is 0 Å². The third kappa shape index (κ3) is 5.72. The van der Waals surface area contributed by atoms with Gasteiger partial charge in [0.2, 0.25) is 0 Å². The number of piperazine rings is 1. The Morgan fingerprint density at radius 1 is 1.21 bits per heavy atom. The minimum absolute atomic E-state index is 0.222. The first-order valence-corrected chi connectivity index (χ1v) is 6.48. The van der Waals surface area contributed by atoms with E-state index in [1.54, 1.807) is 14.0 Å². The number of nitrogens with zero attached hydrogens (tertiary/aromatic N) is 2. The number of carboxylic acid groups (broad SMARTS) is 1. The number of carbonyl (C=O) groups is 1. The van der Waals surface area contributed by atoms with Crippen LogP contribution in [0.15, 0.2) is 30.3 Å². The van der Waals surface area contributed by atoms with Gasteiger partial charge in [-0.25, -0.2) is 0 Å². The molecule has 1 aliphatic rings. The van der Waals surface area contributed by atoms with Gasteiger partial charge >= 0.3 is 5.97 Å². The summed E-state index contributed by atoms with van der Waals surface area (Å²) in [5.74, 6) is -0.745. The molecule has 0 unspecified atom stereocenters. The Bertz CT molecular complexity index is 362. The zero-order valence-electron chi connectivity index (χ0n) is 11.6.